The summed E-state index contributed by atoms with van der Waals surface area (Å²) in [6.45, 7) is 6.40. The third-order valence-electron chi connectivity index (χ3n) is 3.90. The number of hydrogen-bond donors (Lipinski definition) is 1. The zero-order valence-corrected chi connectivity index (χ0v) is 16.6. The number of rotatable bonds is 6. The first-order valence-corrected chi connectivity index (χ1v) is 9.35. The van der Waals surface area contributed by atoms with Crippen LogP contribution in [0.15, 0.2) is 30.3 Å². The molecule has 8 nitrogen and oxygen atoms in total. The molecular weight excluding hydrogens is 364 g/mol. The van der Waals surface area contributed by atoms with E-state index in [1.54, 1.807) is 20.8 Å². The number of hydrogen-bond acceptors (Lipinski definition) is 6. The van der Waals surface area contributed by atoms with Crippen LogP contribution in [0.1, 0.15) is 39.2 Å². The summed E-state index contributed by atoms with van der Waals surface area (Å²) in [5, 5.41) is 2.51. The fourth-order valence-corrected chi connectivity index (χ4v) is 2.63. The van der Waals surface area contributed by atoms with Crippen molar-refractivity contribution in [3.8, 4) is 0 Å². The zero-order chi connectivity index (χ0) is 20.6. The first-order chi connectivity index (χ1) is 13.2. The first-order valence-electron chi connectivity index (χ1n) is 9.35. The normalized spacial score (nSPS) is 16.4. The van der Waals surface area contributed by atoms with E-state index in [4.69, 9.17) is 14.2 Å². The van der Waals surface area contributed by atoms with Crippen LogP contribution in [0.5, 0.6) is 0 Å². The molecule has 28 heavy (non-hydrogen) atoms. The van der Waals surface area contributed by atoms with Gasteiger partial charge in [-0.25, -0.2) is 9.59 Å². The molecule has 0 radical (unpaired) electrons. The second-order valence-corrected chi connectivity index (χ2v) is 7.57. The molecule has 2 rings (SSSR count). The van der Waals surface area contributed by atoms with E-state index in [1.807, 2.05) is 30.3 Å². The molecule has 1 fully saturated rings. The topological polar surface area (TPSA) is 94.2 Å². The van der Waals surface area contributed by atoms with E-state index < -0.39 is 23.8 Å². The van der Waals surface area contributed by atoms with Crippen LogP contribution in [0.3, 0.4) is 0 Å². The lowest BCUT2D eigenvalue weighted by molar-refractivity contribution is -0.148. The van der Waals surface area contributed by atoms with Crippen molar-refractivity contribution < 1.29 is 28.6 Å². The van der Waals surface area contributed by atoms with Crippen LogP contribution < -0.4 is 5.32 Å². The maximum absolute atomic E-state index is 12.1. The quantitative estimate of drug-likeness (QED) is 0.591. The Morgan fingerprint density at radius 1 is 1.18 bits per heavy atom. The largest absolute Gasteiger partial charge is 0.460 e. The van der Waals surface area contributed by atoms with Gasteiger partial charge in [0.05, 0.1) is 13.0 Å². The second kappa shape index (κ2) is 9.96. The van der Waals surface area contributed by atoms with Crippen molar-refractivity contribution in [2.45, 2.75) is 51.9 Å². The van der Waals surface area contributed by atoms with Gasteiger partial charge in [-0.05, 0) is 26.3 Å². The summed E-state index contributed by atoms with van der Waals surface area (Å²) < 4.78 is 15.7. The lowest BCUT2D eigenvalue weighted by Crippen LogP contribution is -2.34. The molecule has 0 aliphatic carbocycles. The van der Waals surface area contributed by atoms with Crippen LogP contribution in [0, 0.1) is 0 Å². The molecule has 1 atom stereocenters. The molecule has 0 bridgehead atoms. The smallest absolute Gasteiger partial charge is 0.410 e. The van der Waals surface area contributed by atoms with E-state index in [0.29, 0.717) is 19.5 Å². The van der Waals surface area contributed by atoms with Crippen LogP contribution in [-0.2, 0) is 25.6 Å². The van der Waals surface area contributed by atoms with Crippen LogP contribution in [0.25, 0.3) is 0 Å². The molecule has 1 heterocycles. The van der Waals surface area contributed by atoms with Gasteiger partial charge in [0.15, 0.2) is 0 Å². The van der Waals surface area contributed by atoms with Gasteiger partial charge in [-0.1, -0.05) is 30.3 Å². The lowest BCUT2D eigenvalue weighted by Gasteiger charge is -2.19. The summed E-state index contributed by atoms with van der Waals surface area (Å²) >= 11 is 0. The minimum Gasteiger partial charge on any atom is -0.460 e. The molecule has 1 saturated heterocycles. The van der Waals surface area contributed by atoms with Crippen molar-refractivity contribution in [1.82, 2.24) is 10.2 Å². The van der Waals surface area contributed by atoms with Crippen molar-refractivity contribution in [2.75, 3.05) is 19.6 Å². The van der Waals surface area contributed by atoms with E-state index in [2.05, 4.69) is 5.32 Å². The number of likely N-dealkylation sites (tertiary alicyclic amines) is 1. The fraction of sp³-hybridized carbons (Fsp3) is 0.550. The molecule has 0 aromatic heterocycles. The van der Waals surface area contributed by atoms with Gasteiger partial charge < -0.3 is 24.4 Å². The predicted molar refractivity (Wildman–Crippen MR) is 102 cm³/mol. The van der Waals surface area contributed by atoms with E-state index in [-0.39, 0.29) is 25.7 Å². The van der Waals surface area contributed by atoms with Gasteiger partial charge in [-0.3, -0.25) is 4.79 Å². The number of nitrogens with zero attached hydrogens (tertiary/aromatic N) is 1. The van der Waals surface area contributed by atoms with E-state index in [0.717, 1.165) is 5.56 Å². The monoisotopic (exact) mass is 392 g/mol. The van der Waals surface area contributed by atoms with Gasteiger partial charge in [0.1, 0.15) is 18.3 Å². The molecule has 0 spiro atoms. The Morgan fingerprint density at radius 2 is 1.89 bits per heavy atom. The molecule has 154 valence electrons. The Labute approximate surface area is 165 Å². The van der Waals surface area contributed by atoms with E-state index >= 15 is 0 Å². The molecule has 8 heteroatoms. The Kier molecular flexibility index (Phi) is 7.66. The van der Waals surface area contributed by atoms with Crippen molar-refractivity contribution in [1.29, 1.82) is 0 Å². The Bertz CT molecular complexity index is 671. The van der Waals surface area contributed by atoms with Gasteiger partial charge in [0.25, 0.3) is 0 Å². The van der Waals surface area contributed by atoms with E-state index in [9.17, 15) is 14.4 Å². The van der Waals surface area contributed by atoms with Crippen molar-refractivity contribution in [3.05, 3.63) is 35.9 Å². The number of carbonyl (C=O) groups is 3. The number of ether oxygens (including phenoxy) is 3. The summed E-state index contributed by atoms with van der Waals surface area (Å²) in [6.07, 6.45) is -0.763. The Balaban J connectivity index is 1.63. The molecule has 1 aromatic rings. The van der Waals surface area contributed by atoms with Crippen LogP contribution in [0.4, 0.5) is 9.59 Å². The number of nitrogens with one attached hydrogen (secondary N) is 1. The fourth-order valence-electron chi connectivity index (χ4n) is 2.63. The minimum absolute atomic E-state index is 0.0359. The molecule has 1 aliphatic heterocycles. The summed E-state index contributed by atoms with van der Waals surface area (Å²) in [7, 11) is 0. The van der Waals surface area contributed by atoms with Crippen molar-refractivity contribution in [2.24, 2.45) is 0 Å². The number of amides is 2. The molecule has 1 aromatic carbocycles. The highest BCUT2D eigenvalue weighted by Crippen LogP contribution is 2.15. The molecule has 0 saturated carbocycles. The standard InChI is InChI=1S/C20H28N2O6/c1-20(2,3)28-18(24)21-11-9-17(23)27-16-10-12-22(13-16)19(25)26-14-15-7-5-4-6-8-15/h4-8,16H,9-14H2,1-3H3,(H,21,24)/t16-/m1/s1. The average molecular weight is 392 g/mol. The summed E-state index contributed by atoms with van der Waals surface area (Å²) in [5.74, 6) is -0.430. The van der Waals surface area contributed by atoms with Crippen LogP contribution in [-0.4, -0.2) is 54.4 Å². The highest BCUT2D eigenvalue weighted by Gasteiger charge is 2.29. The molecule has 1 N–H and O–H groups in total. The highest BCUT2D eigenvalue weighted by atomic mass is 16.6. The van der Waals surface area contributed by atoms with Gasteiger partial charge >= 0.3 is 18.2 Å². The van der Waals surface area contributed by atoms with Crippen molar-refractivity contribution in [3.63, 3.8) is 0 Å². The first kappa shape index (κ1) is 21.5. The summed E-state index contributed by atoms with van der Waals surface area (Å²) in [6, 6.07) is 9.42. The Morgan fingerprint density at radius 3 is 2.57 bits per heavy atom. The third-order valence-corrected chi connectivity index (χ3v) is 3.90. The van der Waals surface area contributed by atoms with Crippen LogP contribution >= 0.6 is 0 Å². The zero-order valence-electron chi connectivity index (χ0n) is 16.6. The lowest BCUT2D eigenvalue weighted by atomic mass is 10.2. The maximum Gasteiger partial charge on any atom is 0.410 e. The summed E-state index contributed by atoms with van der Waals surface area (Å²) in [5.41, 5.74) is 0.322. The maximum atomic E-state index is 12.1. The average Bonchev–Trinajstić information content (AvgIpc) is 3.07. The van der Waals surface area contributed by atoms with Crippen LogP contribution in [0.2, 0.25) is 0 Å². The Hall–Kier alpha value is -2.77. The number of alkyl carbamates (subject to hydrolysis) is 1. The van der Waals surface area contributed by atoms with Gasteiger partial charge in [-0.15, -0.1) is 0 Å². The molecule has 2 amide bonds. The summed E-state index contributed by atoms with van der Waals surface area (Å²) in [4.78, 5) is 37.1. The predicted octanol–water partition coefficient (Wildman–Crippen LogP) is 2.86. The highest BCUT2D eigenvalue weighted by molar-refractivity contribution is 5.72. The van der Waals surface area contributed by atoms with Gasteiger partial charge in [-0.2, -0.15) is 0 Å². The molecule has 0 unspecified atom stereocenters. The number of esters is 1. The van der Waals surface area contributed by atoms with Crippen molar-refractivity contribution >= 4 is 18.2 Å². The van der Waals surface area contributed by atoms with E-state index in [1.165, 1.54) is 4.90 Å². The third kappa shape index (κ3) is 7.85. The SMILES string of the molecule is CC(C)(C)OC(=O)NCCC(=O)O[C@@H]1CCN(C(=O)OCc2ccccc2)C1. The number of carbonyl (C=O) groups excluding carboxylic acids is 3. The van der Waals surface area contributed by atoms with Gasteiger partial charge in [0.2, 0.25) is 0 Å². The number of benzene rings is 1. The minimum atomic E-state index is -0.590. The molecule has 1 aliphatic rings. The van der Waals surface area contributed by atoms with Gasteiger partial charge in [0, 0.05) is 19.5 Å². The second-order valence-electron chi connectivity index (χ2n) is 7.57. The molecular formula is C20H28N2O6.